The van der Waals surface area contributed by atoms with Crippen LogP contribution in [0, 0.1) is 0 Å². The lowest BCUT2D eigenvalue weighted by Gasteiger charge is -2.24. The Hall–Kier alpha value is -1.09. The molecule has 90 valence electrons. The highest BCUT2D eigenvalue weighted by Gasteiger charge is 2.36. The molecule has 0 saturated heterocycles. The highest BCUT2D eigenvalue weighted by molar-refractivity contribution is 7.18. The van der Waals surface area contributed by atoms with Gasteiger partial charge in [-0.3, -0.25) is 0 Å². The van der Waals surface area contributed by atoms with Crippen molar-refractivity contribution >= 4 is 27.2 Å². The molecule has 0 bridgehead atoms. The van der Waals surface area contributed by atoms with Gasteiger partial charge in [-0.2, -0.15) is 0 Å². The standard InChI is InChI=1S/C14H18N2S/c1-2-14(7-3-4-8-14)13-16-11-6-5-10(15)9-12(11)17-13/h5-6,9H,2-4,7-8,15H2,1H3. The Kier molecular flexibility index (Phi) is 2.58. The average Bonchev–Trinajstić information content (AvgIpc) is 2.94. The van der Waals surface area contributed by atoms with Crippen LogP contribution in [0.5, 0.6) is 0 Å². The number of nitrogens with two attached hydrogens (primary N) is 1. The first-order chi connectivity index (χ1) is 8.23. The first-order valence-electron chi connectivity index (χ1n) is 6.40. The lowest BCUT2D eigenvalue weighted by atomic mass is 9.84. The molecule has 0 atom stereocenters. The number of rotatable bonds is 2. The Balaban J connectivity index is 2.11. The van der Waals surface area contributed by atoms with Crippen molar-refractivity contribution in [1.82, 2.24) is 4.98 Å². The molecule has 1 fully saturated rings. The molecule has 1 saturated carbocycles. The van der Waals surface area contributed by atoms with Gasteiger partial charge in [-0.15, -0.1) is 11.3 Å². The minimum Gasteiger partial charge on any atom is -0.399 e. The summed E-state index contributed by atoms with van der Waals surface area (Å²) in [5, 5.41) is 1.33. The molecule has 17 heavy (non-hydrogen) atoms. The Morgan fingerprint density at radius 2 is 2.12 bits per heavy atom. The van der Waals surface area contributed by atoms with E-state index in [2.05, 4.69) is 13.0 Å². The molecule has 2 aromatic rings. The van der Waals surface area contributed by atoms with Crippen molar-refractivity contribution in [3.05, 3.63) is 23.2 Å². The number of nitrogen functional groups attached to an aromatic ring is 1. The molecule has 0 radical (unpaired) electrons. The van der Waals surface area contributed by atoms with E-state index in [1.165, 1.54) is 41.8 Å². The van der Waals surface area contributed by atoms with Crippen molar-refractivity contribution in [2.45, 2.75) is 44.4 Å². The third kappa shape index (κ3) is 1.73. The normalized spacial score (nSPS) is 18.9. The summed E-state index contributed by atoms with van der Waals surface area (Å²) in [7, 11) is 0. The van der Waals surface area contributed by atoms with Gasteiger partial charge < -0.3 is 5.73 Å². The van der Waals surface area contributed by atoms with Gasteiger partial charge in [0.1, 0.15) is 0 Å². The van der Waals surface area contributed by atoms with E-state index in [0.29, 0.717) is 5.41 Å². The van der Waals surface area contributed by atoms with Crippen LogP contribution in [0.1, 0.15) is 44.0 Å². The summed E-state index contributed by atoms with van der Waals surface area (Å²) >= 11 is 1.84. The highest BCUT2D eigenvalue weighted by Crippen LogP contribution is 2.46. The van der Waals surface area contributed by atoms with Gasteiger partial charge in [-0.1, -0.05) is 19.8 Å². The maximum atomic E-state index is 5.83. The molecule has 2 nitrogen and oxygen atoms in total. The molecule has 0 unspecified atom stereocenters. The average molecular weight is 246 g/mol. The third-order valence-electron chi connectivity index (χ3n) is 4.10. The van der Waals surface area contributed by atoms with Crippen LogP contribution < -0.4 is 5.73 Å². The van der Waals surface area contributed by atoms with E-state index >= 15 is 0 Å². The Morgan fingerprint density at radius 3 is 2.82 bits per heavy atom. The molecule has 3 heteroatoms. The van der Waals surface area contributed by atoms with E-state index in [9.17, 15) is 0 Å². The van der Waals surface area contributed by atoms with Gasteiger partial charge in [-0.25, -0.2) is 4.98 Å². The fourth-order valence-corrected chi connectivity index (χ4v) is 4.27. The van der Waals surface area contributed by atoms with Crippen LogP contribution >= 0.6 is 11.3 Å². The number of hydrogen-bond acceptors (Lipinski definition) is 3. The van der Waals surface area contributed by atoms with Crippen LogP contribution in [0.25, 0.3) is 10.2 Å². The summed E-state index contributed by atoms with van der Waals surface area (Å²) in [6.07, 6.45) is 6.53. The molecule has 1 aliphatic rings. The van der Waals surface area contributed by atoms with Gasteiger partial charge in [0.05, 0.1) is 15.2 Å². The van der Waals surface area contributed by atoms with Crippen molar-refractivity contribution in [2.75, 3.05) is 5.73 Å². The molecule has 1 aliphatic carbocycles. The predicted octanol–water partition coefficient (Wildman–Crippen LogP) is 4.10. The summed E-state index contributed by atoms with van der Waals surface area (Å²) in [6, 6.07) is 6.04. The van der Waals surface area contributed by atoms with Gasteiger partial charge in [0.25, 0.3) is 0 Å². The summed E-state index contributed by atoms with van der Waals surface area (Å²) in [6.45, 7) is 2.30. The lowest BCUT2D eigenvalue weighted by Crippen LogP contribution is -2.20. The highest BCUT2D eigenvalue weighted by atomic mass is 32.1. The summed E-state index contributed by atoms with van der Waals surface area (Å²) in [4.78, 5) is 4.84. The second-order valence-electron chi connectivity index (χ2n) is 5.09. The number of fused-ring (bicyclic) bond motifs is 1. The minimum atomic E-state index is 0.360. The first-order valence-corrected chi connectivity index (χ1v) is 7.22. The van der Waals surface area contributed by atoms with Crippen molar-refractivity contribution in [2.24, 2.45) is 0 Å². The van der Waals surface area contributed by atoms with Gasteiger partial charge in [0.2, 0.25) is 0 Å². The molecule has 1 heterocycles. The van der Waals surface area contributed by atoms with Crippen LogP contribution in [0.2, 0.25) is 0 Å². The minimum absolute atomic E-state index is 0.360. The fraction of sp³-hybridized carbons (Fsp3) is 0.500. The largest absolute Gasteiger partial charge is 0.399 e. The molecule has 0 spiro atoms. The van der Waals surface area contributed by atoms with Gasteiger partial charge in [0, 0.05) is 11.1 Å². The third-order valence-corrected chi connectivity index (χ3v) is 5.37. The second kappa shape index (κ2) is 3.98. The van der Waals surface area contributed by atoms with E-state index in [1.54, 1.807) is 0 Å². The molecule has 1 aromatic heterocycles. The molecule has 0 amide bonds. The molecule has 1 aromatic carbocycles. The summed E-state index contributed by atoms with van der Waals surface area (Å²) in [5.74, 6) is 0. The van der Waals surface area contributed by atoms with Crippen molar-refractivity contribution in [3.63, 3.8) is 0 Å². The molecular formula is C14H18N2S. The number of anilines is 1. The predicted molar refractivity (Wildman–Crippen MR) is 74.5 cm³/mol. The van der Waals surface area contributed by atoms with Crippen LogP contribution in [0.4, 0.5) is 5.69 Å². The molecule has 2 N–H and O–H groups in total. The van der Waals surface area contributed by atoms with E-state index in [4.69, 9.17) is 10.7 Å². The van der Waals surface area contributed by atoms with Gasteiger partial charge in [0.15, 0.2) is 0 Å². The summed E-state index contributed by atoms with van der Waals surface area (Å²) in [5.41, 5.74) is 8.14. The number of hydrogen-bond donors (Lipinski definition) is 1. The SMILES string of the molecule is CCC1(c2nc3ccc(N)cc3s2)CCCC1. The van der Waals surface area contributed by atoms with Crippen molar-refractivity contribution in [3.8, 4) is 0 Å². The smallest absolute Gasteiger partial charge is 0.1000 e. The number of benzene rings is 1. The molecule has 3 rings (SSSR count). The van der Waals surface area contributed by atoms with E-state index in [0.717, 1.165) is 11.2 Å². The zero-order chi connectivity index (χ0) is 11.9. The van der Waals surface area contributed by atoms with E-state index in [-0.39, 0.29) is 0 Å². The first kappa shape index (κ1) is 11.0. The van der Waals surface area contributed by atoms with E-state index in [1.807, 2.05) is 23.5 Å². The quantitative estimate of drug-likeness (QED) is 0.810. The Labute approximate surface area is 106 Å². The Morgan fingerprint density at radius 1 is 1.35 bits per heavy atom. The number of aromatic nitrogens is 1. The van der Waals surface area contributed by atoms with Gasteiger partial charge in [-0.05, 0) is 37.5 Å². The van der Waals surface area contributed by atoms with Crippen LogP contribution in [-0.4, -0.2) is 4.98 Å². The lowest BCUT2D eigenvalue weighted by molar-refractivity contribution is 0.423. The van der Waals surface area contributed by atoms with Crippen LogP contribution in [0.3, 0.4) is 0 Å². The number of nitrogens with zero attached hydrogens (tertiary/aromatic N) is 1. The Bertz CT molecular complexity index is 538. The number of thiazole rings is 1. The maximum Gasteiger partial charge on any atom is 0.1000 e. The zero-order valence-electron chi connectivity index (χ0n) is 10.2. The van der Waals surface area contributed by atoms with E-state index < -0.39 is 0 Å². The zero-order valence-corrected chi connectivity index (χ0v) is 11.0. The van der Waals surface area contributed by atoms with Crippen LogP contribution in [0.15, 0.2) is 18.2 Å². The summed E-state index contributed by atoms with van der Waals surface area (Å²) < 4.78 is 1.24. The van der Waals surface area contributed by atoms with Gasteiger partial charge >= 0.3 is 0 Å². The fourth-order valence-electron chi connectivity index (χ4n) is 2.94. The second-order valence-corrected chi connectivity index (χ2v) is 6.12. The topological polar surface area (TPSA) is 38.9 Å². The molecular weight excluding hydrogens is 228 g/mol. The maximum absolute atomic E-state index is 5.83. The molecule has 0 aliphatic heterocycles. The monoisotopic (exact) mass is 246 g/mol. The van der Waals surface area contributed by atoms with Crippen LogP contribution in [-0.2, 0) is 5.41 Å². The van der Waals surface area contributed by atoms with Crippen molar-refractivity contribution in [1.29, 1.82) is 0 Å². The van der Waals surface area contributed by atoms with Crippen molar-refractivity contribution < 1.29 is 0 Å².